The molecule has 0 amide bonds. The van der Waals surface area contributed by atoms with Crippen molar-refractivity contribution in [3.05, 3.63) is 11.9 Å². The number of aromatic nitrogens is 3. The second kappa shape index (κ2) is 8.32. The number of hydrogen-bond donors (Lipinski definition) is 1. The number of fused-ring (bicyclic) bond motifs is 1. The lowest BCUT2D eigenvalue weighted by atomic mass is 9.77. The molecule has 2 aliphatic carbocycles. The zero-order valence-corrected chi connectivity index (χ0v) is 17.2. The van der Waals surface area contributed by atoms with E-state index in [-0.39, 0.29) is 18.7 Å². The Morgan fingerprint density at radius 3 is 2.62 bits per heavy atom. The lowest BCUT2D eigenvalue weighted by molar-refractivity contribution is -0.138. The van der Waals surface area contributed by atoms with E-state index in [4.69, 9.17) is 9.84 Å². The fraction of sp³-hybridized carbons (Fsp3) is 0.857. The maximum Gasteiger partial charge on any atom is 0.317 e. The van der Waals surface area contributed by atoms with Gasteiger partial charge in [-0.2, -0.15) is 0 Å². The van der Waals surface area contributed by atoms with Crippen molar-refractivity contribution in [3.63, 3.8) is 0 Å². The number of rotatable bonds is 8. The third-order valence-corrected chi connectivity index (χ3v) is 7.24. The van der Waals surface area contributed by atoms with Crippen LogP contribution < -0.4 is 0 Å². The van der Waals surface area contributed by atoms with Gasteiger partial charge in [-0.05, 0) is 69.4 Å². The van der Waals surface area contributed by atoms with E-state index in [0.717, 1.165) is 63.8 Å². The van der Waals surface area contributed by atoms with Crippen LogP contribution >= 0.6 is 0 Å². The highest BCUT2D eigenvalue weighted by Gasteiger charge is 2.44. The average molecular weight is 404 g/mol. The van der Waals surface area contributed by atoms with Gasteiger partial charge in [-0.3, -0.25) is 14.6 Å². The minimum absolute atomic E-state index is 0.147. The number of nitrogens with zero attached hydrogens (tertiary/aromatic N) is 5. The number of ether oxygens (including phenoxy) is 1. The van der Waals surface area contributed by atoms with Crippen LogP contribution in [0, 0.1) is 17.8 Å². The van der Waals surface area contributed by atoms with E-state index >= 15 is 0 Å². The van der Waals surface area contributed by atoms with Crippen molar-refractivity contribution in [1.29, 1.82) is 0 Å². The average Bonchev–Trinajstić information content (AvgIpc) is 3.06. The smallest absolute Gasteiger partial charge is 0.317 e. The van der Waals surface area contributed by atoms with E-state index in [1.807, 2.05) is 0 Å². The fourth-order valence-corrected chi connectivity index (χ4v) is 5.53. The Kier molecular flexibility index (Phi) is 5.58. The summed E-state index contributed by atoms with van der Waals surface area (Å²) in [5, 5.41) is 18.1. The molecule has 4 atom stereocenters. The lowest BCUT2D eigenvalue weighted by Crippen LogP contribution is -2.38. The summed E-state index contributed by atoms with van der Waals surface area (Å²) in [4.78, 5) is 15.7. The summed E-state index contributed by atoms with van der Waals surface area (Å²) in [7, 11) is 0. The zero-order valence-electron chi connectivity index (χ0n) is 17.2. The van der Waals surface area contributed by atoms with Gasteiger partial charge < -0.3 is 9.84 Å². The van der Waals surface area contributed by atoms with E-state index in [1.165, 1.54) is 25.7 Å². The highest BCUT2D eigenvalue weighted by Crippen LogP contribution is 2.43. The first-order valence-corrected chi connectivity index (χ1v) is 11.3. The first-order valence-electron chi connectivity index (χ1n) is 11.3. The normalized spacial score (nSPS) is 33.2. The summed E-state index contributed by atoms with van der Waals surface area (Å²) in [6, 6.07) is 0.208. The summed E-state index contributed by atoms with van der Waals surface area (Å²) in [6.07, 6.45) is 9.43. The maximum atomic E-state index is 11.1. The molecule has 2 aliphatic heterocycles. The molecule has 4 aliphatic rings. The van der Waals surface area contributed by atoms with E-state index in [0.29, 0.717) is 11.8 Å². The van der Waals surface area contributed by atoms with Crippen LogP contribution in [-0.4, -0.2) is 81.3 Å². The van der Waals surface area contributed by atoms with Crippen LogP contribution in [0.15, 0.2) is 6.20 Å². The van der Waals surface area contributed by atoms with E-state index in [1.54, 1.807) is 0 Å². The first-order chi connectivity index (χ1) is 14.1. The van der Waals surface area contributed by atoms with Crippen molar-refractivity contribution < 1.29 is 14.6 Å². The summed E-state index contributed by atoms with van der Waals surface area (Å²) in [6.45, 7) is 5.96. The van der Waals surface area contributed by atoms with Gasteiger partial charge in [-0.15, -0.1) is 5.10 Å². The molecular formula is C21H33N5O3. The molecule has 5 rings (SSSR count). The lowest BCUT2D eigenvalue weighted by Gasteiger charge is -2.37. The van der Waals surface area contributed by atoms with Crippen molar-refractivity contribution in [1.82, 2.24) is 24.8 Å². The molecule has 3 heterocycles. The Labute approximate surface area is 172 Å². The largest absolute Gasteiger partial charge is 0.480 e. The summed E-state index contributed by atoms with van der Waals surface area (Å²) >= 11 is 0. The minimum Gasteiger partial charge on any atom is -0.480 e. The molecule has 1 aromatic rings. The molecule has 0 spiro atoms. The number of carboxylic acid groups (broad SMARTS) is 1. The molecular weight excluding hydrogens is 370 g/mol. The minimum atomic E-state index is -0.732. The van der Waals surface area contributed by atoms with Crippen molar-refractivity contribution in [2.75, 3.05) is 39.3 Å². The van der Waals surface area contributed by atoms with Crippen molar-refractivity contribution in [2.24, 2.45) is 17.8 Å². The molecule has 8 heteroatoms. The van der Waals surface area contributed by atoms with Crippen LogP contribution in [-0.2, 0) is 16.1 Å². The Morgan fingerprint density at radius 2 is 1.90 bits per heavy atom. The molecule has 2 saturated carbocycles. The number of likely N-dealkylation sites (tertiary alicyclic amines) is 2. The van der Waals surface area contributed by atoms with E-state index in [9.17, 15) is 4.79 Å². The van der Waals surface area contributed by atoms with Gasteiger partial charge in [0.05, 0.1) is 30.6 Å². The Morgan fingerprint density at radius 1 is 1.14 bits per heavy atom. The Bertz CT molecular complexity index is 715. The second-order valence-corrected chi connectivity index (χ2v) is 9.64. The van der Waals surface area contributed by atoms with Crippen LogP contribution in [0.4, 0.5) is 0 Å². The van der Waals surface area contributed by atoms with Gasteiger partial charge in [-0.25, -0.2) is 4.68 Å². The van der Waals surface area contributed by atoms with Crippen LogP contribution in [0.25, 0.3) is 0 Å². The molecule has 8 nitrogen and oxygen atoms in total. The molecule has 0 bridgehead atoms. The van der Waals surface area contributed by atoms with Gasteiger partial charge in [0.1, 0.15) is 0 Å². The molecule has 160 valence electrons. The van der Waals surface area contributed by atoms with Crippen molar-refractivity contribution >= 4 is 5.97 Å². The number of hydrogen-bond acceptors (Lipinski definition) is 6. The van der Waals surface area contributed by atoms with Gasteiger partial charge >= 0.3 is 5.97 Å². The Hall–Kier alpha value is -1.51. The molecule has 2 saturated heterocycles. The van der Waals surface area contributed by atoms with Crippen LogP contribution in [0.1, 0.15) is 50.3 Å². The fourth-order valence-electron chi connectivity index (χ4n) is 5.53. The third-order valence-electron chi connectivity index (χ3n) is 7.24. The third kappa shape index (κ3) is 4.64. The number of aliphatic carboxylic acids is 1. The predicted octanol–water partition coefficient (Wildman–Crippen LogP) is 1.64. The van der Waals surface area contributed by atoms with Gasteiger partial charge in [0, 0.05) is 26.2 Å². The highest BCUT2D eigenvalue weighted by atomic mass is 16.5. The Balaban J connectivity index is 1.27. The first kappa shape index (κ1) is 19.5. The summed E-state index contributed by atoms with van der Waals surface area (Å²) in [5.41, 5.74) is 1.05. The van der Waals surface area contributed by atoms with Gasteiger partial charge in [0.25, 0.3) is 0 Å². The van der Waals surface area contributed by atoms with Crippen molar-refractivity contribution in [3.8, 4) is 0 Å². The zero-order chi connectivity index (χ0) is 19.8. The van der Waals surface area contributed by atoms with E-state index < -0.39 is 5.97 Å². The van der Waals surface area contributed by atoms with Crippen LogP contribution in [0.2, 0.25) is 0 Å². The monoisotopic (exact) mass is 403 g/mol. The summed E-state index contributed by atoms with van der Waals surface area (Å²) in [5.74, 6) is 1.06. The van der Waals surface area contributed by atoms with Crippen LogP contribution in [0.3, 0.4) is 0 Å². The maximum absolute atomic E-state index is 11.1. The molecule has 1 N–H and O–H groups in total. The van der Waals surface area contributed by atoms with Crippen molar-refractivity contribution in [2.45, 2.75) is 57.2 Å². The molecule has 29 heavy (non-hydrogen) atoms. The van der Waals surface area contributed by atoms with Crippen LogP contribution in [0.5, 0.6) is 0 Å². The predicted molar refractivity (Wildman–Crippen MR) is 106 cm³/mol. The molecule has 0 radical (unpaired) electrons. The molecule has 4 fully saturated rings. The standard InChI is InChI=1S/C21H33N5O3/c27-21(28)13-25-9-16-7-19(20(8-17(16)10-25)29-14-15-3-4-15)26-12-18(22-23-26)11-24-5-1-2-6-24/h12,15-17,19-20H,1-11,13-14H2,(H,27,28)/t16-,17+,19-,20-/m1/s1. The highest BCUT2D eigenvalue weighted by molar-refractivity contribution is 5.69. The SMILES string of the molecule is O=C(O)CN1C[C@H]2C[C@@H](n3cc(CN4CCCC4)nn3)[C@H](OCC3CC3)C[C@H]2C1. The molecule has 1 aromatic heterocycles. The number of carboxylic acids is 1. The van der Waals surface area contributed by atoms with E-state index in [2.05, 4.69) is 31.0 Å². The quantitative estimate of drug-likeness (QED) is 0.706. The molecule has 0 aromatic carbocycles. The van der Waals surface area contributed by atoms with Gasteiger partial charge in [0.2, 0.25) is 0 Å². The number of carbonyl (C=O) groups is 1. The van der Waals surface area contributed by atoms with Gasteiger partial charge in [-0.1, -0.05) is 5.21 Å². The second-order valence-electron chi connectivity index (χ2n) is 9.64. The summed E-state index contributed by atoms with van der Waals surface area (Å²) < 4.78 is 8.46. The topological polar surface area (TPSA) is 83.7 Å². The molecule has 0 unspecified atom stereocenters. The van der Waals surface area contributed by atoms with Gasteiger partial charge in [0.15, 0.2) is 0 Å².